The maximum Gasteiger partial charge on any atom is 0.225 e. The van der Waals surface area contributed by atoms with Gasteiger partial charge in [-0.05, 0) is 31.4 Å². The number of hydrogen-bond acceptors (Lipinski definition) is 4. The lowest BCUT2D eigenvalue weighted by molar-refractivity contribution is -0.141. The number of carbonyl (C=O) groups excluding carboxylic acids is 2. The molecule has 0 bridgehead atoms. The molecule has 1 aliphatic heterocycles. The van der Waals surface area contributed by atoms with E-state index in [-0.39, 0.29) is 17.7 Å². The highest BCUT2D eigenvalue weighted by molar-refractivity contribution is 5.84. The maximum absolute atomic E-state index is 12.8. The Morgan fingerprint density at radius 3 is 2.54 bits per heavy atom. The van der Waals surface area contributed by atoms with E-state index in [1.54, 1.807) is 14.2 Å². The van der Waals surface area contributed by atoms with Crippen LogP contribution in [0.25, 0.3) is 0 Å². The van der Waals surface area contributed by atoms with Gasteiger partial charge in [-0.3, -0.25) is 9.59 Å². The van der Waals surface area contributed by atoms with Crippen LogP contribution in [0.2, 0.25) is 0 Å². The van der Waals surface area contributed by atoms with E-state index in [9.17, 15) is 9.59 Å². The minimum atomic E-state index is -0.134. The van der Waals surface area contributed by atoms with Gasteiger partial charge in [0.25, 0.3) is 0 Å². The molecule has 1 saturated carbocycles. The fraction of sp³-hybridized carbons (Fsp3) is 0.636. The van der Waals surface area contributed by atoms with Crippen LogP contribution in [0.4, 0.5) is 0 Å². The molecule has 2 amide bonds. The van der Waals surface area contributed by atoms with Crippen molar-refractivity contribution in [2.24, 2.45) is 5.92 Å². The third-order valence-corrected chi connectivity index (χ3v) is 6.03. The number of hydrogen-bond donors (Lipinski definition) is 1. The molecule has 28 heavy (non-hydrogen) atoms. The van der Waals surface area contributed by atoms with Gasteiger partial charge in [0.2, 0.25) is 11.8 Å². The Bertz CT molecular complexity index is 683. The summed E-state index contributed by atoms with van der Waals surface area (Å²) in [6.07, 6.45) is 8.13. The van der Waals surface area contributed by atoms with Crippen molar-refractivity contribution in [3.05, 3.63) is 23.8 Å². The number of nitrogens with one attached hydrogen (secondary N) is 1. The Morgan fingerprint density at radius 1 is 1.11 bits per heavy atom. The summed E-state index contributed by atoms with van der Waals surface area (Å²) in [5.74, 6) is 1.51. The van der Waals surface area contributed by atoms with Gasteiger partial charge in [0, 0.05) is 37.2 Å². The second kappa shape index (κ2) is 9.80. The smallest absolute Gasteiger partial charge is 0.225 e. The number of nitrogens with zero attached hydrogens (tertiary/aromatic N) is 1. The Kier molecular flexibility index (Phi) is 7.18. The van der Waals surface area contributed by atoms with E-state index in [0.717, 1.165) is 24.2 Å². The molecule has 154 valence electrons. The zero-order chi connectivity index (χ0) is 19.9. The van der Waals surface area contributed by atoms with Crippen molar-refractivity contribution in [2.45, 2.75) is 64.0 Å². The predicted molar refractivity (Wildman–Crippen MR) is 107 cm³/mol. The number of methoxy groups -OCH3 is 2. The summed E-state index contributed by atoms with van der Waals surface area (Å²) in [7, 11) is 3.22. The molecule has 1 saturated heterocycles. The van der Waals surface area contributed by atoms with Crippen molar-refractivity contribution in [1.82, 2.24) is 10.2 Å². The molecule has 0 aromatic heterocycles. The predicted octanol–water partition coefficient (Wildman–Crippen LogP) is 3.28. The third-order valence-electron chi connectivity index (χ3n) is 6.03. The summed E-state index contributed by atoms with van der Waals surface area (Å²) in [4.78, 5) is 27.2. The number of amides is 2. The molecule has 1 aromatic carbocycles. The summed E-state index contributed by atoms with van der Waals surface area (Å²) in [5, 5.41) is 3.03. The average molecular weight is 389 g/mol. The first-order valence-corrected chi connectivity index (χ1v) is 10.4. The number of likely N-dealkylation sites (tertiary alicyclic amines) is 1. The Hall–Kier alpha value is -2.24. The summed E-state index contributed by atoms with van der Waals surface area (Å²) >= 11 is 0. The van der Waals surface area contributed by atoms with E-state index in [2.05, 4.69) is 5.32 Å². The van der Waals surface area contributed by atoms with Crippen molar-refractivity contribution >= 4 is 11.8 Å². The molecule has 1 atom stereocenters. The van der Waals surface area contributed by atoms with E-state index < -0.39 is 0 Å². The molecule has 2 fully saturated rings. The van der Waals surface area contributed by atoms with Gasteiger partial charge in [0.05, 0.1) is 20.1 Å². The summed E-state index contributed by atoms with van der Waals surface area (Å²) in [5.41, 5.74) is 0.907. The van der Waals surface area contributed by atoms with Gasteiger partial charge in [-0.2, -0.15) is 0 Å². The Morgan fingerprint density at radius 2 is 1.86 bits per heavy atom. The molecule has 1 aromatic rings. The van der Waals surface area contributed by atoms with E-state index in [4.69, 9.17) is 9.47 Å². The van der Waals surface area contributed by atoms with Gasteiger partial charge in [-0.1, -0.05) is 25.7 Å². The van der Waals surface area contributed by atoms with E-state index in [1.807, 2.05) is 23.1 Å². The van der Waals surface area contributed by atoms with Crippen molar-refractivity contribution < 1.29 is 19.1 Å². The number of rotatable bonds is 6. The van der Waals surface area contributed by atoms with Crippen LogP contribution in [0, 0.1) is 5.92 Å². The second-order valence-electron chi connectivity index (χ2n) is 7.82. The van der Waals surface area contributed by atoms with Gasteiger partial charge in [-0.15, -0.1) is 0 Å². The number of carbonyl (C=O) groups is 2. The van der Waals surface area contributed by atoms with Gasteiger partial charge < -0.3 is 19.7 Å². The van der Waals surface area contributed by atoms with Gasteiger partial charge in [0.1, 0.15) is 11.5 Å². The van der Waals surface area contributed by atoms with E-state index in [0.29, 0.717) is 37.7 Å². The highest BCUT2D eigenvalue weighted by atomic mass is 16.5. The molecule has 6 heteroatoms. The Balaban J connectivity index is 1.59. The van der Waals surface area contributed by atoms with Gasteiger partial charge in [0.15, 0.2) is 0 Å². The molecule has 0 spiro atoms. The van der Waals surface area contributed by atoms with Crippen LogP contribution in [0.3, 0.4) is 0 Å². The SMILES string of the molecule is COc1ccc(CNC(=O)[C@@H]2CCC(=O)N(C3CCCCCC3)C2)c(OC)c1. The first-order chi connectivity index (χ1) is 13.6. The maximum atomic E-state index is 12.8. The number of piperidine rings is 1. The van der Waals surface area contributed by atoms with Crippen molar-refractivity contribution in [3.8, 4) is 11.5 Å². The highest BCUT2D eigenvalue weighted by Gasteiger charge is 2.34. The number of benzene rings is 1. The van der Waals surface area contributed by atoms with E-state index >= 15 is 0 Å². The van der Waals surface area contributed by atoms with Crippen molar-refractivity contribution in [1.29, 1.82) is 0 Å². The van der Waals surface area contributed by atoms with Gasteiger partial charge in [-0.25, -0.2) is 0 Å². The normalized spacial score (nSPS) is 21.1. The second-order valence-corrected chi connectivity index (χ2v) is 7.82. The van der Waals surface area contributed by atoms with Crippen LogP contribution in [-0.2, 0) is 16.1 Å². The van der Waals surface area contributed by atoms with Crippen LogP contribution in [0.1, 0.15) is 56.9 Å². The zero-order valence-corrected chi connectivity index (χ0v) is 17.0. The van der Waals surface area contributed by atoms with Crippen LogP contribution < -0.4 is 14.8 Å². The Labute approximate surface area is 167 Å². The van der Waals surface area contributed by atoms with Crippen LogP contribution in [0.15, 0.2) is 18.2 Å². The quantitative estimate of drug-likeness (QED) is 0.760. The highest BCUT2D eigenvalue weighted by Crippen LogP contribution is 2.28. The lowest BCUT2D eigenvalue weighted by atomic mass is 9.93. The first-order valence-electron chi connectivity index (χ1n) is 10.4. The minimum Gasteiger partial charge on any atom is -0.497 e. The average Bonchev–Trinajstić information content (AvgIpc) is 3.01. The molecule has 2 aliphatic rings. The molecule has 1 aliphatic carbocycles. The van der Waals surface area contributed by atoms with Crippen molar-refractivity contribution in [2.75, 3.05) is 20.8 Å². The lowest BCUT2D eigenvalue weighted by Crippen LogP contribution is -2.49. The lowest BCUT2D eigenvalue weighted by Gasteiger charge is -2.37. The summed E-state index contributed by atoms with van der Waals surface area (Å²) in [6, 6.07) is 5.89. The fourth-order valence-corrected chi connectivity index (χ4v) is 4.33. The monoisotopic (exact) mass is 388 g/mol. The molecule has 1 heterocycles. The van der Waals surface area contributed by atoms with Gasteiger partial charge >= 0.3 is 0 Å². The largest absolute Gasteiger partial charge is 0.497 e. The van der Waals surface area contributed by atoms with Crippen molar-refractivity contribution in [3.63, 3.8) is 0 Å². The summed E-state index contributed by atoms with van der Waals surface area (Å²) in [6.45, 7) is 0.953. The van der Waals surface area contributed by atoms with Crippen LogP contribution in [0.5, 0.6) is 11.5 Å². The molecule has 6 nitrogen and oxygen atoms in total. The third kappa shape index (κ3) is 4.97. The standard InChI is InChI=1S/C22H32N2O4/c1-27-19-11-9-16(20(13-19)28-2)14-23-22(26)17-10-12-21(25)24(15-17)18-7-5-3-4-6-8-18/h9,11,13,17-18H,3-8,10,12,14-15H2,1-2H3,(H,23,26)/t17-/m1/s1. The molecular formula is C22H32N2O4. The molecule has 1 N–H and O–H groups in total. The molecule has 0 radical (unpaired) electrons. The van der Waals surface area contributed by atoms with E-state index in [1.165, 1.54) is 25.7 Å². The first kappa shape index (κ1) is 20.5. The molecule has 0 unspecified atom stereocenters. The number of ether oxygens (including phenoxy) is 2. The fourth-order valence-electron chi connectivity index (χ4n) is 4.33. The molecular weight excluding hydrogens is 356 g/mol. The van der Waals surface area contributed by atoms with Crippen LogP contribution in [-0.4, -0.2) is 43.5 Å². The zero-order valence-electron chi connectivity index (χ0n) is 17.0. The van der Waals surface area contributed by atoms with Crippen LogP contribution >= 0.6 is 0 Å². The topological polar surface area (TPSA) is 67.9 Å². The minimum absolute atomic E-state index is 0.0176. The molecule has 3 rings (SSSR count). The summed E-state index contributed by atoms with van der Waals surface area (Å²) < 4.78 is 10.6.